The van der Waals surface area contributed by atoms with Crippen LogP contribution in [-0.4, -0.2) is 35.8 Å². The standard InChI is InChI=1S/C13H10N4O5S2/c1-23-13-15-11(9(6-14)12(18)16-13)8-4-3-7(24(2,21)22)5-10(8)17(19)20/h3-5H,1-2H3,(H,15,16,18). The number of hydrogen-bond acceptors (Lipinski definition) is 8. The molecule has 1 heterocycles. The molecule has 9 nitrogen and oxygen atoms in total. The monoisotopic (exact) mass is 366 g/mol. The lowest BCUT2D eigenvalue weighted by molar-refractivity contribution is -0.384. The van der Waals surface area contributed by atoms with Crippen molar-refractivity contribution in [1.29, 1.82) is 5.26 Å². The van der Waals surface area contributed by atoms with Crippen molar-refractivity contribution in [2.45, 2.75) is 10.1 Å². The number of H-pyrrole nitrogens is 1. The Morgan fingerprint density at radius 3 is 2.58 bits per heavy atom. The average molecular weight is 366 g/mol. The molecule has 2 rings (SSSR count). The number of nitriles is 1. The lowest BCUT2D eigenvalue weighted by Crippen LogP contribution is -2.15. The molecule has 0 atom stereocenters. The molecule has 0 aliphatic rings. The van der Waals surface area contributed by atoms with Crippen LogP contribution in [-0.2, 0) is 9.84 Å². The van der Waals surface area contributed by atoms with Gasteiger partial charge in [0.25, 0.3) is 11.2 Å². The number of thioether (sulfide) groups is 1. The summed E-state index contributed by atoms with van der Waals surface area (Å²) >= 11 is 1.09. The molecule has 0 radical (unpaired) electrons. The highest BCUT2D eigenvalue weighted by molar-refractivity contribution is 7.98. The molecule has 11 heteroatoms. The maximum atomic E-state index is 11.9. The zero-order valence-corrected chi connectivity index (χ0v) is 14.1. The maximum Gasteiger partial charge on any atom is 0.280 e. The van der Waals surface area contributed by atoms with Crippen LogP contribution < -0.4 is 5.56 Å². The summed E-state index contributed by atoms with van der Waals surface area (Å²) in [6.07, 6.45) is 2.55. The summed E-state index contributed by atoms with van der Waals surface area (Å²) in [4.78, 5) is 28.7. The van der Waals surface area contributed by atoms with Gasteiger partial charge in [0.05, 0.1) is 15.4 Å². The number of benzene rings is 1. The van der Waals surface area contributed by atoms with E-state index in [1.807, 2.05) is 0 Å². The molecule has 0 amide bonds. The van der Waals surface area contributed by atoms with E-state index in [2.05, 4.69) is 9.97 Å². The highest BCUT2D eigenvalue weighted by atomic mass is 32.2. The second-order valence-corrected chi connectivity index (χ2v) is 7.43. The van der Waals surface area contributed by atoms with Crippen LogP contribution in [0.15, 0.2) is 33.0 Å². The van der Waals surface area contributed by atoms with Crippen molar-refractivity contribution in [1.82, 2.24) is 9.97 Å². The van der Waals surface area contributed by atoms with E-state index in [4.69, 9.17) is 5.26 Å². The summed E-state index contributed by atoms with van der Waals surface area (Å²) in [6, 6.07) is 4.89. The van der Waals surface area contributed by atoms with Gasteiger partial charge < -0.3 is 4.98 Å². The minimum absolute atomic E-state index is 0.106. The van der Waals surface area contributed by atoms with Crippen molar-refractivity contribution < 1.29 is 13.3 Å². The van der Waals surface area contributed by atoms with Gasteiger partial charge >= 0.3 is 0 Å². The first-order chi connectivity index (χ1) is 11.2. The van der Waals surface area contributed by atoms with E-state index in [9.17, 15) is 23.3 Å². The van der Waals surface area contributed by atoms with Crippen LogP contribution in [0.25, 0.3) is 11.3 Å². The van der Waals surface area contributed by atoms with Gasteiger partial charge in [0, 0.05) is 12.3 Å². The number of nitrogens with zero attached hydrogens (tertiary/aromatic N) is 3. The molecule has 0 spiro atoms. The molecular weight excluding hydrogens is 356 g/mol. The number of nitrogens with one attached hydrogen (secondary N) is 1. The third-order valence-electron chi connectivity index (χ3n) is 3.05. The van der Waals surface area contributed by atoms with Crippen molar-refractivity contribution in [2.24, 2.45) is 0 Å². The van der Waals surface area contributed by atoms with E-state index in [0.717, 1.165) is 24.1 Å². The largest absolute Gasteiger partial charge is 0.300 e. The Morgan fingerprint density at radius 1 is 1.42 bits per heavy atom. The van der Waals surface area contributed by atoms with Crippen molar-refractivity contribution >= 4 is 27.3 Å². The first kappa shape index (κ1) is 17.6. The van der Waals surface area contributed by atoms with Crippen LogP contribution in [0.3, 0.4) is 0 Å². The summed E-state index contributed by atoms with van der Waals surface area (Å²) < 4.78 is 23.2. The van der Waals surface area contributed by atoms with Gasteiger partial charge in [-0.2, -0.15) is 5.26 Å². The SMILES string of the molecule is CSc1nc(-c2ccc(S(C)(=O)=O)cc2[N+](=O)[O-])c(C#N)c(=O)[nH]1. The molecule has 1 N–H and O–H groups in total. The van der Waals surface area contributed by atoms with Gasteiger partial charge in [0.15, 0.2) is 15.0 Å². The number of aromatic nitrogens is 2. The maximum absolute atomic E-state index is 11.9. The minimum atomic E-state index is -3.66. The molecule has 1 aromatic heterocycles. The van der Waals surface area contributed by atoms with Gasteiger partial charge in [-0.3, -0.25) is 14.9 Å². The van der Waals surface area contributed by atoms with Crippen molar-refractivity contribution in [3.05, 3.63) is 44.2 Å². The van der Waals surface area contributed by atoms with E-state index < -0.39 is 26.0 Å². The van der Waals surface area contributed by atoms with Crippen molar-refractivity contribution in [2.75, 3.05) is 12.5 Å². The molecule has 0 aliphatic carbocycles. The lowest BCUT2D eigenvalue weighted by Gasteiger charge is -2.07. The zero-order chi connectivity index (χ0) is 18.1. The van der Waals surface area contributed by atoms with Crippen LogP contribution in [0, 0.1) is 21.4 Å². The third-order valence-corrected chi connectivity index (χ3v) is 4.74. The quantitative estimate of drug-likeness (QED) is 0.369. The zero-order valence-electron chi connectivity index (χ0n) is 12.4. The Kier molecular flexibility index (Phi) is 4.72. The number of aromatic amines is 1. The van der Waals surface area contributed by atoms with Crippen molar-refractivity contribution in [3.8, 4) is 17.3 Å². The van der Waals surface area contributed by atoms with E-state index in [1.54, 1.807) is 12.3 Å². The van der Waals surface area contributed by atoms with Crippen LogP contribution in [0.5, 0.6) is 0 Å². The highest BCUT2D eigenvalue weighted by Gasteiger charge is 2.24. The number of nitro benzene ring substituents is 1. The Bertz CT molecular complexity index is 1040. The van der Waals surface area contributed by atoms with Crippen LogP contribution in [0.2, 0.25) is 0 Å². The molecule has 0 saturated carbocycles. The molecule has 0 aliphatic heterocycles. The molecule has 0 saturated heterocycles. The van der Waals surface area contributed by atoms with Gasteiger partial charge in [-0.15, -0.1) is 0 Å². The number of nitro groups is 1. The highest BCUT2D eigenvalue weighted by Crippen LogP contribution is 2.32. The molecule has 124 valence electrons. The van der Waals surface area contributed by atoms with Gasteiger partial charge in [0.1, 0.15) is 17.3 Å². The molecule has 0 fully saturated rings. The van der Waals surface area contributed by atoms with Crippen LogP contribution in [0.1, 0.15) is 5.56 Å². The predicted molar refractivity (Wildman–Crippen MR) is 86.6 cm³/mol. The van der Waals surface area contributed by atoms with E-state index in [-0.39, 0.29) is 26.9 Å². The fourth-order valence-electron chi connectivity index (χ4n) is 1.94. The molecule has 0 bridgehead atoms. The first-order valence-corrected chi connectivity index (χ1v) is 9.38. The van der Waals surface area contributed by atoms with E-state index in [1.165, 1.54) is 12.1 Å². The van der Waals surface area contributed by atoms with Gasteiger partial charge in [0.2, 0.25) is 0 Å². The molecule has 2 aromatic rings. The van der Waals surface area contributed by atoms with Gasteiger partial charge in [-0.05, 0) is 18.4 Å². The Hall–Kier alpha value is -2.71. The minimum Gasteiger partial charge on any atom is -0.300 e. The van der Waals surface area contributed by atoms with Gasteiger partial charge in [-0.1, -0.05) is 11.8 Å². The summed E-state index contributed by atoms with van der Waals surface area (Å²) in [5.74, 6) is 0. The second-order valence-electron chi connectivity index (χ2n) is 4.62. The molecule has 0 unspecified atom stereocenters. The average Bonchev–Trinajstić information content (AvgIpc) is 2.52. The normalized spacial score (nSPS) is 11.0. The number of rotatable bonds is 4. The summed E-state index contributed by atoms with van der Waals surface area (Å²) in [5.41, 5.74) is -1.95. The lowest BCUT2D eigenvalue weighted by atomic mass is 10.1. The second kappa shape index (κ2) is 6.42. The summed E-state index contributed by atoms with van der Waals surface area (Å²) in [7, 11) is -3.66. The fourth-order valence-corrected chi connectivity index (χ4v) is 2.96. The Balaban J connectivity index is 2.88. The predicted octanol–water partition coefficient (Wildman–Crippen LogP) is 1.34. The Labute approximate surface area is 140 Å². The smallest absolute Gasteiger partial charge is 0.280 e. The molecule has 1 aromatic carbocycles. The number of sulfone groups is 1. The topological polar surface area (TPSA) is 147 Å². The van der Waals surface area contributed by atoms with E-state index >= 15 is 0 Å². The molecular formula is C13H10N4O5S2. The third kappa shape index (κ3) is 3.29. The first-order valence-electron chi connectivity index (χ1n) is 6.26. The molecule has 24 heavy (non-hydrogen) atoms. The summed E-state index contributed by atoms with van der Waals surface area (Å²) in [5, 5.41) is 20.7. The Morgan fingerprint density at radius 2 is 2.08 bits per heavy atom. The van der Waals surface area contributed by atoms with Crippen molar-refractivity contribution in [3.63, 3.8) is 0 Å². The summed E-state index contributed by atoms with van der Waals surface area (Å²) in [6.45, 7) is 0. The van der Waals surface area contributed by atoms with E-state index in [0.29, 0.717) is 0 Å². The van der Waals surface area contributed by atoms with Gasteiger partial charge in [-0.25, -0.2) is 13.4 Å². The fraction of sp³-hybridized carbons (Fsp3) is 0.154. The van der Waals surface area contributed by atoms with Crippen LogP contribution in [0.4, 0.5) is 5.69 Å². The number of hydrogen-bond donors (Lipinski definition) is 1. The van der Waals surface area contributed by atoms with Crippen LogP contribution >= 0.6 is 11.8 Å².